The van der Waals surface area contributed by atoms with Gasteiger partial charge in [0.15, 0.2) is 0 Å². The zero-order valence-corrected chi connectivity index (χ0v) is 31.8. The number of anilines is 3. The predicted octanol–water partition coefficient (Wildman–Crippen LogP) is 15.0. The third-order valence-electron chi connectivity index (χ3n) is 12.5. The fourth-order valence-electron chi connectivity index (χ4n) is 9.78. The summed E-state index contributed by atoms with van der Waals surface area (Å²) in [5.41, 5.74) is 16.8. The molecule has 0 fully saturated rings. The summed E-state index contributed by atoms with van der Waals surface area (Å²) in [6.07, 6.45) is 0. The van der Waals surface area contributed by atoms with E-state index in [9.17, 15) is 0 Å². The van der Waals surface area contributed by atoms with Crippen molar-refractivity contribution in [2.45, 2.75) is 38.5 Å². The number of hydrogen-bond donors (Lipinski definition) is 0. The molecule has 0 radical (unpaired) electrons. The summed E-state index contributed by atoms with van der Waals surface area (Å²) in [7, 11) is 0. The Kier molecular flexibility index (Phi) is 6.59. The molecule has 0 atom stereocenters. The number of hydrogen-bond acceptors (Lipinski definition) is 2. The first-order valence-electron chi connectivity index (χ1n) is 19.0. The third-order valence-corrected chi connectivity index (χ3v) is 13.7. The summed E-state index contributed by atoms with van der Waals surface area (Å²) in [4.78, 5) is 2.51. The maximum atomic E-state index is 2.51. The largest absolute Gasteiger partial charge is 0.310 e. The van der Waals surface area contributed by atoms with Gasteiger partial charge in [0.25, 0.3) is 0 Å². The van der Waals surface area contributed by atoms with Crippen LogP contribution in [0.2, 0.25) is 0 Å². The van der Waals surface area contributed by atoms with Crippen molar-refractivity contribution in [3.63, 3.8) is 0 Å². The van der Waals surface area contributed by atoms with Crippen molar-refractivity contribution in [2.75, 3.05) is 4.90 Å². The number of nitrogens with zero attached hydrogens (tertiary/aromatic N) is 1. The van der Waals surface area contributed by atoms with Gasteiger partial charge in [-0.2, -0.15) is 0 Å². The maximum Gasteiger partial charge on any atom is 0.0543 e. The highest BCUT2D eigenvalue weighted by Crippen LogP contribution is 2.56. The first-order valence-corrected chi connectivity index (χ1v) is 19.8. The Morgan fingerprint density at radius 1 is 0.426 bits per heavy atom. The van der Waals surface area contributed by atoms with E-state index in [0.29, 0.717) is 0 Å². The molecule has 1 aromatic heterocycles. The molecule has 8 aromatic carbocycles. The second-order valence-corrected chi connectivity index (χ2v) is 17.2. The molecule has 1 nitrogen and oxygen atoms in total. The molecule has 2 aliphatic carbocycles. The molecule has 0 saturated carbocycles. The van der Waals surface area contributed by atoms with Crippen LogP contribution in [-0.4, -0.2) is 0 Å². The molecule has 2 aliphatic rings. The van der Waals surface area contributed by atoms with Gasteiger partial charge in [-0.05, 0) is 97.7 Å². The summed E-state index contributed by atoms with van der Waals surface area (Å²) in [5.74, 6) is 0. The minimum Gasteiger partial charge on any atom is -0.310 e. The van der Waals surface area contributed by atoms with Crippen LogP contribution in [-0.2, 0) is 10.8 Å². The molecule has 0 amide bonds. The minimum atomic E-state index is -0.0949. The predicted molar refractivity (Wildman–Crippen MR) is 232 cm³/mol. The van der Waals surface area contributed by atoms with Crippen LogP contribution in [0.25, 0.3) is 64.3 Å². The van der Waals surface area contributed by atoms with Crippen LogP contribution < -0.4 is 4.90 Å². The van der Waals surface area contributed by atoms with Gasteiger partial charge in [0.2, 0.25) is 0 Å². The third kappa shape index (κ3) is 4.32. The fourth-order valence-corrected chi connectivity index (χ4v) is 11.0. The molecule has 2 heteroatoms. The highest BCUT2D eigenvalue weighted by atomic mass is 32.1. The Labute approximate surface area is 320 Å². The highest BCUT2D eigenvalue weighted by molar-refractivity contribution is 7.26. The first-order chi connectivity index (χ1) is 26.3. The van der Waals surface area contributed by atoms with Crippen molar-refractivity contribution >= 4 is 59.3 Å². The normalized spacial score (nSPS) is 14.6. The van der Waals surface area contributed by atoms with Crippen molar-refractivity contribution in [1.82, 2.24) is 0 Å². The molecule has 11 rings (SSSR count). The number of rotatable bonds is 4. The molecule has 9 aromatic rings. The summed E-state index contributed by atoms with van der Waals surface area (Å²) >= 11 is 1.90. The second-order valence-electron chi connectivity index (χ2n) is 16.1. The van der Waals surface area contributed by atoms with Crippen molar-refractivity contribution in [3.8, 4) is 33.4 Å². The Hall–Kier alpha value is -5.96. The topological polar surface area (TPSA) is 3.24 Å². The summed E-state index contributed by atoms with van der Waals surface area (Å²) < 4.78 is 2.67. The van der Waals surface area contributed by atoms with Gasteiger partial charge in [-0.15, -0.1) is 11.3 Å². The lowest BCUT2D eigenvalue weighted by Crippen LogP contribution is -2.16. The molecule has 1 heterocycles. The first kappa shape index (κ1) is 31.6. The number of fused-ring (bicyclic) bond motifs is 10. The molecule has 0 unspecified atom stereocenters. The van der Waals surface area contributed by atoms with Crippen LogP contribution >= 0.6 is 11.3 Å². The van der Waals surface area contributed by atoms with Crippen LogP contribution in [0.15, 0.2) is 164 Å². The molecule has 258 valence electrons. The summed E-state index contributed by atoms with van der Waals surface area (Å²) in [5, 5.41) is 5.23. The lowest BCUT2D eigenvalue weighted by atomic mass is 9.82. The van der Waals surface area contributed by atoms with E-state index < -0.39 is 0 Å². The quantitative estimate of drug-likeness (QED) is 0.176. The van der Waals surface area contributed by atoms with Gasteiger partial charge in [0.05, 0.1) is 5.69 Å². The standard InChI is InChI=1S/C52H39NS/c1-51(2)42-19-10-7-16-37(42)40-31-35(28-29-44(40)51)53(46-22-13-21-45-49(46)39-18-8-11-20-43(39)52(45,3)4)34-26-24-32(25-27-34)48-36-15-6-5-14-33(36)30-41-38-17-9-12-23-47(38)54-50(41)48/h5-31H,1-4H3. The Bertz CT molecular complexity index is 3000. The molecule has 0 bridgehead atoms. The van der Waals surface area contributed by atoms with Crippen LogP contribution in [0.3, 0.4) is 0 Å². The SMILES string of the molecule is CC1(C)c2ccccc2-c2cc(N(c3ccc(-c4c5ccccc5cc5c4sc4ccccc45)cc3)c3cccc4c3-c3ccccc3C4(C)C)ccc21. The Morgan fingerprint density at radius 3 is 1.85 bits per heavy atom. The molecule has 0 aliphatic heterocycles. The van der Waals surface area contributed by atoms with E-state index >= 15 is 0 Å². The van der Waals surface area contributed by atoms with Crippen LogP contribution in [0, 0.1) is 0 Å². The van der Waals surface area contributed by atoms with Crippen LogP contribution in [0.1, 0.15) is 49.9 Å². The van der Waals surface area contributed by atoms with Gasteiger partial charge >= 0.3 is 0 Å². The molecule has 54 heavy (non-hydrogen) atoms. The van der Waals surface area contributed by atoms with Gasteiger partial charge in [-0.3, -0.25) is 0 Å². The average Bonchev–Trinajstić information content (AvgIpc) is 3.77. The van der Waals surface area contributed by atoms with Crippen molar-refractivity contribution in [2.24, 2.45) is 0 Å². The number of thiophene rings is 1. The maximum absolute atomic E-state index is 2.51. The van der Waals surface area contributed by atoms with Gasteiger partial charge in [-0.25, -0.2) is 0 Å². The van der Waals surface area contributed by atoms with E-state index in [2.05, 4.69) is 196 Å². The second kappa shape index (κ2) is 11.3. The summed E-state index contributed by atoms with van der Waals surface area (Å²) in [6.45, 7) is 9.46. The van der Waals surface area contributed by atoms with E-state index in [4.69, 9.17) is 0 Å². The van der Waals surface area contributed by atoms with Gasteiger partial charge < -0.3 is 4.90 Å². The van der Waals surface area contributed by atoms with Crippen molar-refractivity contribution in [3.05, 3.63) is 186 Å². The van der Waals surface area contributed by atoms with Gasteiger partial charge in [0, 0.05) is 53.5 Å². The van der Waals surface area contributed by atoms with Gasteiger partial charge in [0.1, 0.15) is 0 Å². The smallest absolute Gasteiger partial charge is 0.0543 e. The zero-order chi connectivity index (χ0) is 36.3. The fraction of sp³-hybridized carbons (Fsp3) is 0.115. The van der Waals surface area contributed by atoms with E-state index in [1.165, 1.54) is 98.0 Å². The van der Waals surface area contributed by atoms with Crippen molar-refractivity contribution in [1.29, 1.82) is 0 Å². The van der Waals surface area contributed by atoms with E-state index in [1.807, 2.05) is 11.3 Å². The average molecular weight is 710 g/mol. The molecular formula is C52H39NS. The monoisotopic (exact) mass is 709 g/mol. The minimum absolute atomic E-state index is 0.0513. The molecule has 0 saturated heterocycles. The van der Waals surface area contributed by atoms with E-state index in [0.717, 1.165) is 5.69 Å². The Morgan fingerprint density at radius 2 is 1.04 bits per heavy atom. The highest BCUT2D eigenvalue weighted by Gasteiger charge is 2.39. The lowest BCUT2D eigenvalue weighted by Gasteiger charge is -2.30. The van der Waals surface area contributed by atoms with E-state index in [1.54, 1.807) is 0 Å². The summed E-state index contributed by atoms with van der Waals surface area (Å²) in [6, 6.07) is 61.5. The zero-order valence-electron chi connectivity index (χ0n) is 30.9. The molecular weight excluding hydrogens is 671 g/mol. The van der Waals surface area contributed by atoms with Crippen LogP contribution in [0.4, 0.5) is 17.1 Å². The van der Waals surface area contributed by atoms with Gasteiger partial charge in [-0.1, -0.05) is 149 Å². The number of benzene rings is 8. The molecule has 0 N–H and O–H groups in total. The Balaban J connectivity index is 1.14. The molecule has 0 spiro atoms. The lowest BCUT2D eigenvalue weighted by molar-refractivity contribution is 0.660. The van der Waals surface area contributed by atoms with Crippen LogP contribution in [0.5, 0.6) is 0 Å². The van der Waals surface area contributed by atoms with Crippen molar-refractivity contribution < 1.29 is 0 Å². The van der Waals surface area contributed by atoms with E-state index in [-0.39, 0.29) is 10.8 Å².